The van der Waals surface area contributed by atoms with Crippen molar-refractivity contribution < 1.29 is 4.79 Å². The first-order chi connectivity index (χ1) is 15.6. The van der Waals surface area contributed by atoms with Crippen molar-refractivity contribution in [2.24, 2.45) is 0 Å². The van der Waals surface area contributed by atoms with Crippen LogP contribution in [-0.4, -0.2) is 33.6 Å². The highest BCUT2D eigenvalue weighted by Gasteiger charge is 2.13. The number of nitrogens with zero attached hydrogens (tertiary/aromatic N) is 3. The van der Waals surface area contributed by atoms with Gasteiger partial charge in [0.25, 0.3) is 0 Å². The molecule has 9 heteroatoms. The number of amides is 1. The predicted molar refractivity (Wildman–Crippen MR) is 135 cm³/mol. The second kappa shape index (κ2) is 10.8. The minimum Gasteiger partial charge on any atom is -0.370 e. The standard InChI is InChI=1S/C23H21BrClN5OS/c24-18-15-28-30-21(14-20(29-23(18)30)17-7-1-2-8-19(17)25)26-11-3-4-12-27-22(31)10-9-16-6-5-13-32-16/h1-2,5-10,13-15,26H,3-4,11-12H2,(H,27,31)/b10-9+. The highest BCUT2D eigenvalue weighted by molar-refractivity contribution is 9.10. The summed E-state index contributed by atoms with van der Waals surface area (Å²) in [7, 11) is 0. The van der Waals surface area contributed by atoms with Crippen molar-refractivity contribution in [2.75, 3.05) is 18.4 Å². The second-order valence-corrected chi connectivity index (χ2v) is 9.25. The van der Waals surface area contributed by atoms with E-state index in [0.717, 1.165) is 51.5 Å². The van der Waals surface area contributed by atoms with Crippen molar-refractivity contribution in [1.82, 2.24) is 19.9 Å². The van der Waals surface area contributed by atoms with Gasteiger partial charge in [0.1, 0.15) is 5.82 Å². The van der Waals surface area contributed by atoms with Gasteiger partial charge in [-0.1, -0.05) is 35.9 Å². The fraction of sp³-hybridized carbons (Fsp3) is 0.174. The van der Waals surface area contributed by atoms with Crippen LogP contribution < -0.4 is 10.6 Å². The van der Waals surface area contributed by atoms with Crippen molar-refractivity contribution in [2.45, 2.75) is 12.8 Å². The van der Waals surface area contributed by atoms with Crippen LogP contribution in [0.2, 0.25) is 5.02 Å². The zero-order valence-corrected chi connectivity index (χ0v) is 20.3. The fourth-order valence-electron chi connectivity index (χ4n) is 3.15. The average molecular weight is 531 g/mol. The van der Waals surface area contributed by atoms with E-state index in [1.165, 1.54) is 0 Å². The highest BCUT2D eigenvalue weighted by Crippen LogP contribution is 2.30. The molecule has 0 unspecified atom stereocenters. The molecule has 0 bridgehead atoms. The van der Waals surface area contributed by atoms with Crippen LogP contribution in [0.25, 0.3) is 23.0 Å². The molecule has 1 aromatic carbocycles. The molecule has 0 radical (unpaired) electrons. The Morgan fingerprint density at radius 2 is 2.03 bits per heavy atom. The van der Waals surface area contributed by atoms with E-state index in [9.17, 15) is 4.79 Å². The van der Waals surface area contributed by atoms with Gasteiger partial charge in [-0.15, -0.1) is 11.3 Å². The lowest BCUT2D eigenvalue weighted by Crippen LogP contribution is -2.22. The van der Waals surface area contributed by atoms with Gasteiger partial charge in [0, 0.05) is 40.7 Å². The second-order valence-electron chi connectivity index (χ2n) is 7.01. The molecule has 3 heterocycles. The molecule has 0 atom stereocenters. The quantitative estimate of drug-likeness (QED) is 0.209. The van der Waals surface area contributed by atoms with Gasteiger partial charge in [0.15, 0.2) is 5.65 Å². The molecule has 2 N–H and O–H groups in total. The summed E-state index contributed by atoms with van der Waals surface area (Å²) in [6.45, 7) is 1.36. The molecular formula is C23H21BrClN5OS. The number of carbonyl (C=O) groups is 1. The lowest BCUT2D eigenvalue weighted by molar-refractivity contribution is -0.116. The first kappa shape index (κ1) is 22.5. The van der Waals surface area contributed by atoms with Gasteiger partial charge in [-0.2, -0.15) is 9.61 Å². The maximum Gasteiger partial charge on any atom is 0.244 e. The summed E-state index contributed by atoms with van der Waals surface area (Å²) >= 11 is 11.5. The summed E-state index contributed by atoms with van der Waals surface area (Å²) in [4.78, 5) is 17.7. The summed E-state index contributed by atoms with van der Waals surface area (Å²) in [5.41, 5.74) is 2.36. The molecule has 6 nitrogen and oxygen atoms in total. The number of hydrogen-bond acceptors (Lipinski definition) is 5. The molecule has 164 valence electrons. The van der Waals surface area contributed by atoms with Crippen molar-refractivity contribution in [1.29, 1.82) is 0 Å². The van der Waals surface area contributed by atoms with E-state index in [1.807, 2.05) is 53.9 Å². The van der Waals surface area contributed by atoms with E-state index in [1.54, 1.807) is 28.1 Å². The Balaban J connectivity index is 1.33. The lowest BCUT2D eigenvalue weighted by atomic mass is 10.1. The van der Waals surface area contributed by atoms with Crippen LogP contribution in [-0.2, 0) is 4.79 Å². The fourth-order valence-corrected chi connectivity index (χ4v) is 4.35. The Bertz CT molecular complexity index is 1240. The van der Waals surface area contributed by atoms with E-state index in [0.29, 0.717) is 11.6 Å². The van der Waals surface area contributed by atoms with Crippen LogP contribution in [0.15, 0.2) is 64.6 Å². The Hall–Kier alpha value is -2.68. The molecule has 0 aliphatic carbocycles. The van der Waals surface area contributed by atoms with Crippen LogP contribution >= 0.6 is 38.9 Å². The molecule has 0 aliphatic rings. The Labute approximate surface area is 203 Å². The Kier molecular flexibility index (Phi) is 7.57. The van der Waals surface area contributed by atoms with E-state index < -0.39 is 0 Å². The minimum atomic E-state index is -0.0759. The number of unbranched alkanes of at least 4 members (excludes halogenated alkanes) is 1. The normalized spacial score (nSPS) is 11.3. The third-order valence-corrected chi connectivity index (χ3v) is 6.46. The van der Waals surface area contributed by atoms with Crippen molar-refractivity contribution in [3.05, 3.63) is 74.5 Å². The van der Waals surface area contributed by atoms with Gasteiger partial charge in [-0.05, 0) is 52.4 Å². The third kappa shape index (κ3) is 5.56. The maximum absolute atomic E-state index is 11.9. The van der Waals surface area contributed by atoms with Crippen molar-refractivity contribution >= 4 is 62.3 Å². The first-order valence-corrected chi connectivity index (χ1v) is 12.2. The number of thiophene rings is 1. The zero-order chi connectivity index (χ0) is 22.3. The number of halogens is 2. The van der Waals surface area contributed by atoms with E-state index in [2.05, 4.69) is 31.7 Å². The number of hydrogen-bond donors (Lipinski definition) is 2. The average Bonchev–Trinajstić information content (AvgIpc) is 3.45. The molecule has 3 aromatic heterocycles. The third-order valence-electron chi connectivity index (χ3n) is 4.73. The number of nitrogens with one attached hydrogen (secondary N) is 2. The van der Waals surface area contributed by atoms with Gasteiger partial charge in [-0.3, -0.25) is 4.79 Å². The van der Waals surface area contributed by atoms with Gasteiger partial charge < -0.3 is 10.6 Å². The van der Waals surface area contributed by atoms with E-state index >= 15 is 0 Å². The summed E-state index contributed by atoms with van der Waals surface area (Å²) in [5, 5.41) is 13.4. The largest absolute Gasteiger partial charge is 0.370 e. The molecule has 0 saturated carbocycles. The minimum absolute atomic E-state index is 0.0759. The topological polar surface area (TPSA) is 71.3 Å². The van der Waals surface area contributed by atoms with Gasteiger partial charge in [-0.25, -0.2) is 4.98 Å². The van der Waals surface area contributed by atoms with Crippen LogP contribution in [0.5, 0.6) is 0 Å². The number of benzene rings is 1. The van der Waals surface area contributed by atoms with E-state index in [4.69, 9.17) is 16.6 Å². The van der Waals surface area contributed by atoms with Gasteiger partial charge in [0.2, 0.25) is 5.91 Å². The summed E-state index contributed by atoms with van der Waals surface area (Å²) in [5.74, 6) is 0.756. The molecular weight excluding hydrogens is 510 g/mol. The highest BCUT2D eigenvalue weighted by atomic mass is 79.9. The van der Waals surface area contributed by atoms with Gasteiger partial charge >= 0.3 is 0 Å². The van der Waals surface area contributed by atoms with Crippen LogP contribution in [0, 0.1) is 0 Å². The number of aromatic nitrogens is 3. The summed E-state index contributed by atoms with van der Waals surface area (Å²) in [6, 6.07) is 13.5. The molecule has 0 fully saturated rings. The van der Waals surface area contributed by atoms with Crippen LogP contribution in [0.3, 0.4) is 0 Å². The number of carbonyl (C=O) groups excluding carboxylic acids is 1. The number of rotatable bonds is 9. The molecule has 32 heavy (non-hydrogen) atoms. The molecule has 1 amide bonds. The summed E-state index contributed by atoms with van der Waals surface area (Å²) < 4.78 is 2.58. The monoisotopic (exact) mass is 529 g/mol. The molecule has 0 spiro atoms. The maximum atomic E-state index is 11.9. The van der Waals surface area contributed by atoms with Crippen LogP contribution in [0.4, 0.5) is 5.82 Å². The van der Waals surface area contributed by atoms with E-state index in [-0.39, 0.29) is 5.91 Å². The number of fused-ring (bicyclic) bond motifs is 1. The predicted octanol–water partition coefficient (Wildman–Crippen LogP) is 5.90. The lowest BCUT2D eigenvalue weighted by Gasteiger charge is -2.11. The Morgan fingerprint density at radius 1 is 1.19 bits per heavy atom. The van der Waals surface area contributed by atoms with Crippen molar-refractivity contribution in [3.8, 4) is 11.3 Å². The first-order valence-electron chi connectivity index (χ1n) is 10.1. The van der Waals surface area contributed by atoms with Crippen LogP contribution in [0.1, 0.15) is 17.7 Å². The summed E-state index contributed by atoms with van der Waals surface area (Å²) in [6.07, 6.45) is 6.88. The molecule has 0 saturated heterocycles. The molecule has 4 aromatic rings. The SMILES string of the molecule is O=C(/C=C/c1cccs1)NCCCCNc1cc(-c2ccccc2Cl)nc2c(Br)cnn12. The zero-order valence-electron chi connectivity index (χ0n) is 17.1. The van der Waals surface area contributed by atoms with Crippen molar-refractivity contribution in [3.63, 3.8) is 0 Å². The molecule has 0 aliphatic heterocycles. The van der Waals surface area contributed by atoms with Gasteiger partial charge in [0.05, 0.1) is 16.4 Å². The number of anilines is 1. The Morgan fingerprint density at radius 3 is 2.84 bits per heavy atom. The smallest absolute Gasteiger partial charge is 0.244 e. The molecule has 4 rings (SSSR count).